The molecule has 2 bridgehead atoms. The summed E-state index contributed by atoms with van der Waals surface area (Å²) in [5.41, 5.74) is 5.50. The second-order valence-electron chi connectivity index (χ2n) is 12.3. The molecule has 11 atom stereocenters. The number of methoxy groups -OCH3 is 1. The van der Waals surface area contributed by atoms with E-state index in [2.05, 4.69) is 29.9 Å². The summed E-state index contributed by atoms with van der Waals surface area (Å²) < 4.78 is 59.5. The summed E-state index contributed by atoms with van der Waals surface area (Å²) in [5, 5.41) is 11.7. The molecule has 2 saturated heterocycles. The Labute approximate surface area is 282 Å². The Hall–Kier alpha value is -2.78. The molecule has 0 aromatic carbocycles. The van der Waals surface area contributed by atoms with Crippen molar-refractivity contribution in [3.63, 3.8) is 0 Å². The number of H-pyrrole nitrogens is 1. The smallest absolute Gasteiger partial charge is 0.388 e. The number of imidazole rings is 2. The third kappa shape index (κ3) is 5.39. The average Bonchev–Trinajstić information content (AvgIpc) is 3.35. The van der Waals surface area contributed by atoms with Gasteiger partial charge in [-0.05, 0) is 38.0 Å². The minimum Gasteiger partial charge on any atom is -0.388 e. The summed E-state index contributed by atoms with van der Waals surface area (Å²) in [5.74, 6) is 0.162. The first-order chi connectivity index (χ1) is 23.4. The number of rotatable bonds is 5. The van der Waals surface area contributed by atoms with E-state index in [1.165, 1.54) is 30.7 Å². The normalized spacial score (nSPS) is 39.3. The van der Waals surface area contributed by atoms with Crippen molar-refractivity contribution in [1.29, 1.82) is 0 Å². The molecular weight excluding hydrogens is 708 g/mol. The van der Waals surface area contributed by atoms with Crippen LogP contribution in [0.5, 0.6) is 0 Å². The average molecular weight is 742 g/mol. The van der Waals surface area contributed by atoms with Crippen molar-refractivity contribution in [2.75, 3.05) is 32.7 Å². The van der Waals surface area contributed by atoms with Gasteiger partial charge in [0.05, 0.1) is 38.5 Å². The van der Waals surface area contributed by atoms with Crippen LogP contribution in [-0.4, -0.2) is 106 Å². The van der Waals surface area contributed by atoms with E-state index in [-0.39, 0.29) is 42.7 Å². The third-order valence-electron chi connectivity index (χ3n) is 9.59. The zero-order chi connectivity index (χ0) is 34.5. The number of aromatic amines is 1. The molecule has 2 aliphatic carbocycles. The number of ether oxygens (including phenoxy) is 2. The molecule has 2 unspecified atom stereocenters. The Balaban J connectivity index is 1.18. The molecule has 1 spiro atoms. The maximum Gasteiger partial charge on any atom is 0.475 e. The Morgan fingerprint density at radius 2 is 1.94 bits per heavy atom. The van der Waals surface area contributed by atoms with Crippen molar-refractivity contribution in [1.82, 2.24) is 39.0 Å². The number of nitrogens with two attached hydrogens (primary N) is 1. The Morgan fingerprint density at radius 3 is 2.71 bits per heavy atom. The van der Waals surface area contributed by atoms with E-state index in [1.54, 1.807) is 18.4 Å². The summed E-state index contributed by atoms with van der Waals surface area (Å²) in [6, 6.07) is -0.668. The van der Waals surface area contributed by atoms with Crippen LogP contribution < -0.4 is 11.3 Å². The van der Waals surface area contributed by atoms with Crippen molar-refractivity contribution < 1.29 is 46.7 Å². The van der Waals surface area contributed by atoms with Gasteiger partial charge in [-0.25, -0.2) is 29.5 Å². The lowest BCUT2D eigenvalue weighted by atomic mass is 10.0. The van der Waals surface area contributed by atoms with Gasteiger partial charge in [0.1, 0.15) is 48.2 Å². The second kappa shape index (κ2) is 11.9. The molecule has 2 saturated carbocycles. The minimum absolute atomic E-state index is 0.0404. The van der Waals surface area contributed by atoms with Crippen LogP contribution in [0.3, 0.4) is 0 Å². The van der Waals surface area contributed by atoms with Crippen molar-refractivity contribution in [3.05, 3.63) is 35.2 Å². The minimum atomic E-state index is -4.43. The Bertz CT molecular complexity index is 2100. The summed E-state index contributed by atoms with van der Waals surface area (Å²) >= 11 is 5.46. The van der Waals surface area contributed by atoms with E-state index in [0.29, 0.717) is 23.4 Å². The highest BCUT2D eigenvalue weighted by atomic mass is 32.5. The number of anilines is 1. The number of fused-ring (bicyclic) bond motifs is 4. The van der Waals surface area contributed by atoms with Gasteiger partial charge in [0, 0.05) is 12.5 Å². The van der Waals surface area contributed by atoms with Gasteiger partial charge in [-0.1, -0.05) is 0 Å². The van der Waals surface area contributed by atoms with Crippen LogP contribution in [-0.2, 0) is 48.5 Å². The molecule has 4 fully saturated rings. The van der Waals surface area contributed by atoms with Gasteiger partial charge in [-0.2, -0.15) is 0 Å². The van der Waals surface area contributed by atoms with Gasteiger partial charge >= 0.3 is 14.5 Å². The second-order valence-corrected chi connectivity index (χ2v) is 16.8. The van der Waals surface area contributed by atoms with Crippen LogP contribution in [0.4, 0.5) is 5.82 Å². The maximum atomic E-state index is 14.5. The number of phosphoric acid groups is 1. The molecule has 0 radical (unpaired) electrons. The van der Waals surface area contributed by atoms with Gasteiger partial charge < -0.3 is 43.8 Å². The molecule has 23 heteroatoms. The zero-order valence-corrected chi connectivity index (χ0v) is 28.9. The number of hydrogen-bond donors (Lipinski definition) is 4. The van der Waals surface area contributed by atoms with E-state index >= 15 is 0 Å². The van der Waals surface area contributed by atoms with Crippen LogP contribution >= 0.6 is 14.5 Å². The first-order valence-corrected chi connectivity index (χ1v) is 19.4. The maximum absolute atomic E-state index is 14.5. The predicted molar refractivity (Wildman–Crippen MR) is 170 cm³/mol. The Kier molecular flexibility index (Phi) is 8.10. The largest absolute Gasteiger partial charge is 0.475 e. The molecular formula is C26H33N9O11P2S. The summed E-state index contributed by atoms with van der Waals surface area (Å²) in [7, 11) is -3.04. The van der Waals surface area contributed by atoms with Crippen LogP contribution in [0.25, 0.3) is 22.3 Å². The number of phosphoric ester groups is 1. The molecule has 0 amide bonds. The molecule has 20 nitrogen and oxygen atoms in total. The topological polar surface area (TPSA) is 255 Å². The van der Waals surface area contributed by atoms with Gasteiger partial charge in [0.25, 0.3) is 5.56 Å². The lowest BCUT2D eigenvalue weighted by molar-refractivity contribution is -0.0636. The van der Waals surface area contributed by atoms with Crippen LogP contribution in [0.15, 0.2) is 23.8 Å². The van der Waals surface area contributed by atoms with E-state index in [0.717, 1.165) is 0 Å². The number of nitrogens with one attached hydrogen (secondary N) is 1. The number of nitrogens with zero attached hydrogens (tertiary/aromatic N) is 7. The lowest BCUT2D eigenvalue weighted by Gasteiger charge is -2.32. The molecule has 2 aliphatic heterocycles. The van der Waals surface area contributed by atoms with Crippen molar-refractivity contribution in [3.8, 4) is 0 Å². The predicted octanol–water partition coefficient (Wildman–Crippen LogP) is 0.863. The number of aliphatic hydroxyl groups is 1. The van der Waals surface area contributed by atoms with Crippen LogP contribution in [0.1, 0.15) is 31.4 Å². The molecule has 6 heterocycles. The van der Waals surface area contributed by atoms with Crippen molar-refractivity contribution >= 4 is 54.5 Å². The number of hydrogen-bond acceptors (Lipinski definition) is 17. The first-order valence-electron chi connectivity index (χ1n) is 15.3. The third-order valence-corrected chi connectivity index (χ3v) is 12.7. The molecule has 264 valence electrons. The zero-order valence-electron chi connectivity index (χ0n) is 26.3. The van der Waals surface area contributed by atoms with Crippen molar-refractivity contribution in [2.45, 2.75) is 63.1 Å². The fraction of sp³-hybridized carbons (Fsp3) is 0.615. The molecule has 5 N–H and O–H groups in total. The highest BCUT2D eigenvalue weighted by Crippen LogP contribution is 2.72. The van der Waals surface area contributed by atoms with E-state index < -0.39 is 68.3 Å². The van der Waals surface area contributed by atoms with Gasteiger partial charge in [0.2, 0.25) is 0 Å². The standard InChI is InChI=1S/C26H33N9O11P2S/c1-4-41-47(38)43-7-26-5-12(26)16(34-9-30-14-21(27)28-8-29-22(14)34)17(36)20(26)46-48(39,49)42-6-13-18(40-3)19(45-47)25(44-13)35-10-31-15-23(35)32-11(2)33-24(15)37/h8-10,12-13,16-20,25,36H,4-7H2,1-3H3,(H,39,49)(H2,27,28,29)(H,32,33,37)/t12-,13-,16-,17+,18-,19-,20+,25-,26?,47+,48?/m1/s1. The summed E-state index contributed by atoms with van der Waals surface area (Å²) in [4.78, 5) is 47.9. The molecule has 4 aliphatic rings. The van der Waals surface area contributed by atoms with E-state index in [9.17, 15) is 19.4 Å². The van der Waals surface area contributed by atoms with Gasteiger partial charge in [-0.15, -0.1) is 0 Å². The summed E-state index contributed by atoms with van der Waals surface area (Å²) in [6.07, 6.45) is -2.12. The van der Waals surface area contributed by atoms with E-state index in [1.807, 2.05) is 0 Å². The first kappa shape index (κ1) is 33.4. The highest BCUT2D eigenvalue weighted by molar-refractivity contribution is 8.07. The number of nitrogen functional groups attached to an aromatic ring is 1. The molecule has 8 rings (SSSR count). The van der Waals surface area contributed by atoms with Crippen LogP contribution in [0.2, 0.25) is 0 Å². The van der Waals surface area contributed by atoms with Crippen molar-refractivity contribution in [2.24, 2.45) is 11.3 Å². The Morgan fingerprint density at radius 1 is 1.16 bits per heavy atom. The fourth-order valence-corrected chi connectivity index (χ4v) is 10.3. The quantitative estimate of drug-likeness (QED) is 0.207. The molecule has 4 aromatic heterocycles. The van der Waals surface area contributed by atoms with E-state index in [4.69, 9.17) is 49.6 Å². The number of aromatic nitrogens is 8. The van der Waals surface area contributed by atoms with Gasteiger partial charge in [-0.3, -0.25) is 22.9 Å². The monoisotopic (exact) mass is 741 g/mol. The van der Waals surface area contributed by atoms with Crippen LogP contribution in [0, 0.1) is 18.3 Å². The fourth-order valence-electron chi connectivity index (χ4n) is 7.39. The number of aliphatic hydroxyl groups excluding tert-OH is 1. The number of aryl methyl sites for hydroxylation is 1. The molecule has 4 aromatic rings. The summed E-state index contributed by atoms with van der Waals surface area (Å²) in [6.45, 7) is -1.54. The lowest BCUT2D eigenvalue weighted by Crippen LogP contribution is -2.38. The molecule has 49 heavy (non-hydrogen) atoms. The highest BCUT2D eigenvalue weighted by Gasteiger charge is 2.74. The SMILES string of the molecule is CCO[P@@]1(=O)OCC23C[C@@H]2[C@@H](n2cnc4c(N)ncnc42)[C@H](O)[C@@H]3OP(O)(=S)OC[C@H]2O[C@@H](n3cnc4c(=O)[nH]c(C)nc43)[C@H](O1)[C@@H]2OC. The van der Waals surface area contributed by atoms with Gasteiger partial charge in [0.15, 0.2) is 28.9 Å².